The molecule has 1 aromatic heterocycles. The van der Waals surface area contributed by atoms with E-state index in [-0.39, 0.29) is 5.69 Å². The van der Waals surface area contributed by atoms with Crippen molar-refractivity contribution < 1.29 is 19.2 Å². The van der Waals surface area contributed by atoms with Crippen LogP contribution >= 0.6 is 38.9 Å². The molecule has 11 heteroatoms. The largest absolute Gasteiger partial charge is 0.490 e. The maximum atomic E-state index is 12.5. The number of non-ortho nitro benzene ring substituents is 1. The van der Waals surface area contributed by atoms with E-state index in [9.17, 15) is 14.9 Å². The highest BCUT2D eigenvalue weighted by atomic mass is 79.9. The van der Waals surface area contributed by atoms with Crippen LogP contribution in [-0.4, -0.2) is 23.7 Å². The number of nitrogens with one attached hydrogen (secondary N) is 1. The molecule has 8 nitrogen and oxygen atoms in total. The molecule has 36 heavy (non-hydrogen) atoms. The number of hydrogen-bond acceptors (Lipinski definition) is 7. The van der Waals surface area contributed by atoms with Crippen molar-refractivity contribution in [3.8, 4) is 11.5 Å². The number of nitro groups is 1. The molecule has 184 valence electrons. The highest BCUT2D eigenvalue weighted by molar-refractivity contribution is 9.10. The lowest BCUT2D eigenvalue weighted by Gasteiger charge is -2.14. The van der Waals surface area contributed by atoms with Crippen molar-refractivity contribution >= 4 is 66.8 Å². The molecule has 0 saturated carbocycles. The summed E-state index contributed by atoms with van der Waals surface area (Å²) in [6, 6.07) is 17.0. The summed E-state index contributed by atoms with van der Waals surface area (Å²) in [5, 5.41) is 16.3. The first kappa shape index (κ1) is 25.6. The molecule has 0 saturated heterocycles. The Morgan fingerprint density at radius 3 is 2.67 bits per heavy atom. The van der Waals surface area contributed by atoms with Gasteiger partial charge in [-0.2, -0.15) is 5.10 Å². The van der Waals surface area contributed by atoms with E-state index in [2.05, 4.69) is 26.5 Å². The Morgan fingerprint density at radius 2 is 1.94 bits per heavy atom. The second kappa shape index (κ2) is 11.5. The molecule has 0 spiro atoms. The molecule has 0 fully saturated rings. The summed E-state index contributed by atoms with van der Waals surface area (Å²) in [7, 11) is 0. The van der Waals surface area contributed by atoms with Gasteiger partial charge >= 0.3 is 0 Å². The predicted octanol–water partition coefficient (Wildman–Crippen LogP) is 6.97. The van der Waals surface area contributed by atoms with Gasteiger partial charge in [-0.25, -0.2) is 5.43 Å². The average molecular weight is 589 g/mol. The number of fused-ring (bicyclic) bond motifs is 1. The van der Waals surface area contributed by atoms with Crippen LogP contribution in [0.3, 0.4) is 0 Å². The van der Waals surface area contributed by atoms with Crippen molar-refractivity contribution in [1.82, 2.24) is 5.43 Å². The number of benzene rings is 3. The fourth-order valence-electron chi connectivity index (χ4n) is 3.28. The molecule has 1 N–H and O–H groups in total. The SMILES string of the molecule is CCOc1cc(/C=N\NC(=O)c2cc3cc([N+](=O)[O-])ccc3s2)cc(Br)c1OCc1ccc(Cl)cc1. The Hall–Kier alpha value is -3.47. The topological polar surface area (TPSA) is 103 Å². The Morgan fingerprint density at radius 1 is 1.17 bits per heavy atom. The van der Waals surface area contributed by atoms with Gasteiger partial charge < -0.3 is 9.47 Å². The molecule has 0 unspecified atom stereocenters. The fraction of sp³-hybridized carbons (Fsp3) is 0.120. The van der Waals surface area contributed by atoms with Crippen LogP contribution in [0.5, 0.6) is 11.5 Å². The monoisotopic (exact) mass is 587 g/mol. The third kappa shape index (κ3) is 6.20. The predicted molar refractivity (Wildman–Crippen MR) is 145 cm³/mol. The highest BCUT2D eigenvalue weighted by Gasteiger charge is 2.14. The first-order chi connectivity index (χ1) is 17.3. The van der Waals surface area contributed by atoms with Crippen molar-refractivity contribution in [1.29, 1.82) is 0 Å². The first-order valence-electron chi connectivity index (χ1n) is 10.7. The normalized spacial score (nSPS) is 11.1. The Balaban J connectivity index is 1.46. The quantitative estimate of drug-likeness (QED) is 0.129. The van der Waals surface area contributed by atoms with Gasteiger partial charge in [0, 0.05) is 27.2 Å². The van der Waals surface area contributed by atoms with E-state index in [1.165, 1.54) is 29.7 Å². The summed E-state index contributed by atoms with van der Waals surface area (Å²) in [6.45, 7) is 2.64. The molecule has 0 aliphatic heterocycles. The summed E-state index contributed by atoms with van der Waals surface area (Å²) < 4.78 is 13.2. The number of carbonyl (C=O) groups is 1. The van der Waals surface area contributed by atoms with Crippen LogP contribution in [-0.2, 0) is 6.61 Å². The minimum atomic E-state index is -0.468. The minimum Gasteiger partial charge on any atom is -0.490 e. The Kier molecular flexibility index (Phi) is 8.19. The van der Waals surface area contributed by atoms with Crippen LogP contribution in [0.25, 0.3) is 10.1 Å². The van der Waals surface area contributed by atoms with Gasteiger partial charge in [-0.05, 0) is 70.4 Å². The van der Waals surface area contributed by atoms with E-state index in [0.717, 1.165) is 10.3 Å². The fourth-order valence-corrected chi connectivity index (χ4v) is 4.91. The zero-order valence-electron chi connectivity index (χ0n) is 18.9. The number of thiophene rings is 1. The standard InChI is InChI=1S/C25H19BrClN3O5S/c1-2-34-21-10-16(9-20(26)24(21)35-14-15-3-5-18(27)6-4-15)13-28-29-25(31)23-12-17-11-19(30(32)33)7-8-22(17)36-23/h3-13H,2,14H2,1H3,(H,29,31)/b28-13-. The molecular weight excluding hydrogens is 570 g/mol. The summed E-state index contributed by atoms with van der Waals surface area (Å²) in [6.07, 6.45) is 1.49. The van der Waals surface area contributed by atoms with Crippen molar-refractivity contribution in [3.63, 3.8) is 0 Å². The van der Waals surface area contributed by atoms with Crippen LogP contribution in [0.2, 0.25) is 5.02 Å². The van der Waals surface area contributed by atoms with Crippen LogP contribution in [0.15, 0.2) is 70.2 Å². The molecule has 0 aliphatic carbocycles. The van der Waals surface area contributed by atoms with Crippen LogP contribution in [0, 0.1) is 10.1 Å². The zero-order chi connectivity index (χ0) is 25.7. The van der Waals surface area contributed by atoms with E-state index in [4.69, 9.17) is 21.1 Å². The number of carbonyl (C=O) groups excluding carboxylic acids is 1. The second-order valence-electron chi connectivity index (χ2n) is 7.47. The lowest BCUT2D eigenvalue weighted by atomic mass is 10.2. The number of hydrazone groups is 1. The maximum Gasteiger partial charge on any atom is 0.281 e. The van der Waals surface area contributed by atoms with Gasteiger partial charge in [0.05, 0.1) is 27.1 Å². The lowest BCUT2D eigenvalue weighted by Crippen LogP contribution is -2.16. The number of halogens is 2. The van der Waals surface area contributed by atoms with Gasteiger partial charge in [0.2, 0.25) is 0 Å². The first-order valence-corrected chi connectivity index (χ1v) is 12.7. The van der Waals surface area contributed by atoms with Crippen molar-refractivity contribution in [2.24, 2.45) is 5.10 Å². The summed E-state index contributed by atoms with van der Waals surface area (Å²) in [5.41, 5.74) is 4.10. The van der Waals surface area contributed by atoms with Gasteiger partial charge in [0.1, 0.15) is 6.61 Å². The zero-order valence-corrected chi connectivity index (χ0v) is 22.0. The molecule has 4 aromatic rings. The van der Waals surface area contributed by atoms with Gasteiger partial charge in [0.15, 0.2) is 11.5 Å². The van der Waals surface area contributed by atoms with Crippen LogP contribution in [0.4, 0.5) is 5.69 Å². The number of nitro benzene ring substituents is 1. The number of rotatable bonds is 9. The molecule has 1 amide bonds. The lowest BCUT2D eigenvalue weighted by molar-refractivity contribution is -0.384. The van der Waals surface area contributed by atoms with E-state index in [0.29, 0.717) is 50.0 Å². The minimum absolute atomic E-state index is 0.0263. The van der Waals surface area contributed by atoms with Crippen LogP contribution in [0.1, 0.15) is 27.7 Å². The smallest absolute Gasteiger partial charge is 0.281 e. The van der Waals surface area contributed by atoms with E-state index >= 15 is 0 Å². The van der Waals surface area contributed by atoms with Gasteiger partial charge in [-0.3, -0.25) is 14.9 Å². The summed E-state index contributed by atoms with van der Waals surface area (Å²) >= 11 is 10.7. The van der Waals surface area contributed by atoms with Crippen molar-refractivity contribution in [2.45, 2.75) is 13.5 Å². The van der Waals surface area contributed by atoms with Gasteiger partial charge in [-0.1, -0.05) is 23.7 Å². The Labute approximate surface area is 223 Å². The van der Waals surface area contributed by atoms with Crippen molar-refractivity contribution in [2.75, 3.05) is 6.61 Å². The molecular formula is C25H19BrClN3O5S. The van der Waals surface area contributed by atoms with E-state index in [1.807, 2.05) is 19.1 Å². The number of amides is 1. The van der Waals surface area contributed by atoms with E-state index < -0.39 is 10.8 Å². The second-order valence-corrected chi connectivity index (χ2v) is 9.84. The maximum absolute atomic E-state index is 12.5. The van der Waals surface area contributed by atoms with Crippen LogP contribution < -0.4 is 14.9 Å². The molecule has 1 heterocycles. The molecule has 0 radical (unpaired) electrons. The number of ether oxygens (including phenoxy) is 2. The summed E-state index contributed by atoms with van der Waals surface area (Å²) in [4.78, 5) is 23.4. The highest BCUT2D eigenvalue weighted by Crippen LogP contribution is 2.37. The number of nitrogens with zero attached hydrogens (tertiary/aromatic N) is 2. The molecule has 0 atom stereocenters. The number of hydrogen-bond donors (Lipinski definition) is 1. The molecule has 3 aromatic carbocycles. The van der Waals surface area contributed by atoms with E-state index in [1.54, 1.807) is 36.4 Å². The van der Waals surface area contributed by atoms with Gasteiger partial charge in [0.25, 0.3) is 11.6 Å². The third-order valence-corrected chi connectivity index (χ3v) is 6.90. The van der Waals surface area contributed by atoms with Crippen molar-refractivity contribution in [3.05, 3.63) is 96.3 Å². The Bertz CT molecular complexity index is 1460. The molecule has 0 bridgehead atoms. The third-order valence-electron chi connectivity index (χ3n) is 4.94. The average Bonchev–Trinajstić information content (AvgIpc) is 3.28. The molecule has 4 rings (SSSR count). The van der Waals surface area contributed by atoms with Gasteiger partial charge in [-0.15, -0.1) is 11.3 Å². The molecule has 0 aliphatic rings. The summed E-state index contributed by atoms with van der Waals surface area (Å²) in [5.74, 6) is 0.661.